The van der Waals surface area contributed by atoms with Crippen LogP contribution in [0.1, 0.15) is 125 Å². The van der Waals surface area contributed by atoms with Crippen LogP contribution in [0, 0.1) is 0 Å². The van der Waals surface area contributed by atoms with Gasteiger partial charge in [0.15, 0.2) is 0 Å². The van der Waals surface area contributed by atoms with E-state index in [9.17, 15) is 0 Å². The molecule has 0 bridgehead atoms. The van der Waals surface area contributed by atoms with E-state index in [0.29, 0.717) is 36.8 Å². The number of halogens is 2. The Balaban J connectivity index is 2.41. The minimum absolute atomic E-state index is 0.171. The second-order valence-corrected chi connectivity index (χ2v) is 18.6. The Labute approximate surface area is 221 Å². The van der Waals surface area contributed by atoms with Crippen molar-refractivity contribution < 1.29 is 14.5 Å². The number of nitrogens with zero attached hydrogens (tertiary/aromatic N) is 1. The van der Waals surface area contributed by atoms with Gasteiger partial charge in [-0.05, 0) is 0 Å². The van der Waals surface area contributed by atoms with E-state index in [-0.39, 0.29) is 12.1 Å². The van der Waals surface area contributed by atoms with E-state index in [1.54, 1.807) is 0 Å². The Bertz CT molecular complexity index is 804. The zero-order valence-electron chi connectivity index (χ0n) is 22.1. The van der Waals surface area contributed by atoms with Crippen LogP contribution in [0.5, 0.6) is 0 Å². The maximum atomic E-state index is 6.91. The van der Waals surface area contributed by atoms with Crippen LogP contribution in [0.4, 0.5) is 0 Å². The molecule has 193 valence electrons. The summed E-state index contributed by atoms with van der Waals surface area (Å²) in [5, 5.41) is 0. The van der Waals surface area contributed by atoms with Crippen molar-refractivity contribution in [2.45, 2.75) is 91.1 Å². The van der Waals surface area contributed by atoms with Crippen molar-refractivity contribution >= 4 is 19.3 Å². The first-order valence-electron chi connectivity index (χ1n) is 12.4. The van der Waals surface area contributed by atoms with Crippen LogP contribution >= 0.6 is 19.3 Å². The summed E-state index contributed by atoms with van der Waals surface area (Å²) < 4.78 is 2.19. The van der Waals surface area contributed by atoms with Gasteiger partial charge in [0.2, 0.25) is 0 Å². The van der Waals surface area contributed by atoms with Gasteiger partial charge >= 0.3 is 223 Å². The molecule has 0 spiro atoms. The molecule has 2 rings (SSSR count). The second kappa shape index (κ2) is 13.2. The summed E-state index contributed by atoms with van der Waals surface area (Å²) in [4.78, 5) is 0. The summed E-state index contributed by atoms with van der Waals surface area (Å²) in [7, 11) is 13.3. The predicted octanol–water partition coefficient (Wildman–Crippen LogP) is 8.02. The number of benzene rings is 2. The van der Waals surface area contributed by atoms with Crippen molar-refractivity contribution in [3.05, 3.63) is 69.8 Å². The molecule has 0 fully saturated rings. The summed E-state index contributed by atoms with van der Waals surface area (Å²) in [6, 6.07) is 12.8. The summed E-state index contributed by atoms with van der Waals surface area (Å²) in [5.41, 5.74) is 21.5. The van der Waals surface area contributed by atoms with Crippen LogP contribution in [-0.4, -0.2) is 16.7 Å². The van der Waals surface area contributed by atoms with Gasteiger partial charge in [-0.25, -0.2) is 0 Å². The fourth-order valence-electron chi connectivity index (χ4n) is 4.85. The van der Waals surface area contributed by atoms with E-state index in [1.807, 2.05) is 0 Å². The summed E-state index contributed by atoms with van der Waals surface area (Å²) in [6.45, 7) is 19.0. The Morgan fingerprint density at radius 1 is 0.618 bits per heavy atom. The van der Waals surface area contributed by atoms with Gasteiger partial charge in [-0.3, -0.25) is 0 Å². The van der Waals surface area contributed by atoms with Crippen molar-refractivity contribution in [1.82, 2.24) is 3.61 Å². The monoisotopic (exact) mass is 684 g/mol. The Kier molecular flexibility index (Phi) is 11.5. The molecule has 0 aromatic heterocycles. The van der Waals surface area contributed by atoms with E-state index in [2.05, 4.69) is 95.4 Å². The van der Waals surface area contributed by atoms with Crippen molar-refractivity contribution in [2.24, 2.45) is 11.5 Å². The minimum atomic E-state index is -2.59. The van der Waals surface area contributed by atoms with Gasteiger partial charge in [-0.1, -0.05) is 0 Å². The normalized spacial score (nSPS) is 14.6. The summed E-state index contributed by atoms with van der Waals surface area (Å²) in [5.74, 6) is 1.58. The molecule has 3 nitrogen and oxygen atoms in total. The first-order chi connectivity index (χ1) is 15.9. The van der Waals surface area contributed by atoms with Crippen molar-refractivity contribution in [2.75, 3.05) is 13.1 Å². The molecular formula is C28H44Cl2N3Os. The predicted molar refractivity (Wildman–Crippen MR) is 146 cm³/mol. The fourth-order valence-corrected chi connectivity index (χ4v) is 8.14. The van der Waals surface area contributed by atoms with Crippen LogP contribution in [-0.2, 0) is 14.5 Å². The van der Waals surface area contributed by atoms with Gasteiger partial charge in [-0.2, -0.15) is 0 Å². The molecule has 0 heterocycles. The van der Waals surface area contributed by atoms with E-state index < -0.39 is 14.5 Å². The van der Waals surface area contributed by atoms with Gasteiger partial charge in [0.25, 0.3) is 0 Å². The van der Waals surface area contributed by atoms with Crippen LogP contribution in [0.25, 0.3) is 0 Å². The van der Waals surface area contributed by atoms with Gasteiger partial charge in [-0.15, -0.1) is 0 Å². The van der Waals surface area contributed by atoms with Crippen LogP contribution in [0.3, 0.4) is 0 Å². The standard InChI is InChI=1S/C28H44N3.2ClH.Os/c1-17(2)21-11-9-12-22(18(3)4)27(21)25(29)15-31-16-26(30)28-23(19(5)6)13-10-14-24(28)20(7)8;;;/h9-14,17-20,25-26H,15-16,29-30H2,1-8H3;2*1H;/q-1;;;+3/p-2. The average Bonchev–Trinajstić information content (AvgIpc) is 2.76. The van der Waals surface area contributed by atoms with Crippen LogP contribution < -0.4 is 11.5 Å². The molecule has 2 aromatic carbocycles. The Morgan fingerprint density at radius 3 is 1.09 bits per heavy atom. The zero-order valence-corrected chi connectivity index (χ0v) is 26.1. The molecule has 2 atom stereocenters. The molecule has 0 aliphatic heterocycles. The first kappa shape index (κ1) is 29.8. The third kappa shape index (κ3) is 7.28. The average molecular weight is 684 g/mol. The quantitative estimate of drug-likeness (QED) is 0.252. The molecular weight excluding hydrogens is 639 g/mol. The third-order valence-corrected chi connectivity index (χ3v) is 11.4. The van der Waals surface area contributed by atoms with Crippen LogP contribution in [0.2, 0.25) is 0 Å². The number of hydrogen-bond donors (Lipinski definition) is 2. The molecule has 0 aliphatic carbocycles. The van der Waals surface area contributed by atoms with Gasteiger partial charge in [0, 0.05) is 0 Å². The summed E-state index contributed by atoms with van der Waals surface area (Å²) in [6.07, 6.45) is 0. The fraction of sp³-hybridized carbons (Fsp3) is 0.571. The SMILES string of the molecule is CC(C)c1cccc(C(C)C)c1C(N)C[N](CC(N)c1c(C(C)C)cccc1C(C)C)[Os]([Cl])[Cl]. The van der Waals surface area contributed by atoms with E-state index in [1.165, 1.54) is 33.4 Å². The van der Waals surface area contributed by atoms with Crippen LogP contribution in [0.15, 0.2) is 36.4 Å². The molecule has 0 saturated carbocycles. The van der Waals surface area contributed by atoms with Crippen molar-refractivity contribution in [3.63, 3.8) is 0 Å². The number of rotatable bonds is 11. The van der Waals surface area contributed by atoms with Gasteiger partial charge in [0.1, 0.15) is 0 Å². The molecule has 2 unspecified atom stereocenters. The Hall–Kier alpha value is -0.464. The first-order valence-corrected chi connectivity index (χ1v) is 19.8. The van der Waals surface area contributed by atoms with E-state index >= 15 is 0 Å². The molecule has 0 amide bonds. The van der Waals surface area contributed by atoms with Gasteiger partial charge < -0.3 is 0 Å². The summed E-state index contributed by atoms with van der Waals surface area (Å²) >= 11 is -2.59. The Morgan fingerprint density at radius 2 is 0.882 bits per heavy atom. The van der Waals surface area contributed by atoms with E-state index in [0.717, 1.165) is 0 Å². The molecule has 0 radical (unpaired) electrons. The topological polar surface area (TPSA) is 55.3 Å². The third-order valence-electron chi connectivity index (χ3n) is 6.53. The van der Waals surface area contributed by atoms with Gasteiger partial charge in [0.05, 0.1) is 0 Å². The van der Waals surface area contributed by atoms with Crippen molar-refractivity contribution in [1.29, 1.82) is 0 Å². The number of nitrogens with two attached hydrogens (primary N) is 2. The molecule has 34 heavy (non-hydrogen) atoms. The van der Waals surface area contributed by atoms with Crippen molar-refractivity contribution in [3.8, 4) is 0 Å². The molecule has 4 N–H and O–H groups in total. The van der Waals surface area contributed by atoms with E-state index in [4.69, 9.17) is 30.7 Å². The molecule has 6 heteroatoms. The zero-order chi connectivity index (χ0) is 25.7. The number of hydrogen-bond acceptors (Lipinski definition) is 3. The molecule has 0 saturated heterocycles. The maximum absolute atomic E-state index is 6.91. The molecule has 0 aliphatic rings. The molecule has 2 aromatic rings. The second-order valence-electron chi connectivity index (χ2n) is 10.5.